The third-order valence-electron chi connectivity index (χ3n) is 4.77. The minimum atomic E-state index is -3.54. The average Bonchev–Trinajstić information content (AvgIpc) is 3.24. The van der Waals surface area contributed by atoms with E-state index in [0.717, 1.165) is 17.5 Å². The Labute approximate surface area is 175 Å². The molecule has 3 aromatic rings. The van der Waals surface area contributed by atoms with Crippen molar-refractivity contribution >= 4 is 38.4 Å². The van der Waals surface area contributed by atoms with Gasteiger partial charge in [0.1, 0.15) is 17.3 Å². The Morgan fingerprint density at radius 2 is 1.97 bits per heavy atom. The maximum atomic E-state index is 12.4. The molecule has 0 saturated carbocycles. The van der Waals surface area contributed by atoms with Crippen LogP contribution in [0.25, 0.3) is 11.0 Å². The van der Waals surface area contributed by atoms with E-state index < -0.39 is 10.0 Å². The minimum absolute atomic E-state index is 0.0233. The van der Waals surface area contributed by atoms with Gasteiger partial charge in [0.2, 0.25) is 10.0 Å². The molecule has 0 atom stereocenters. The van der Waals surface area contributed by atoms with Gasteiger partial charge in [-0.25, -0.2) is 22.5 Å². The number of aromatic nitrogens is 2. The highest BCUT2D eigenvalue weighted by Gasteiger charge is 2.20. The Hall–Kier alpha value is -2.23. The maximum Gasteiger partial charge on any atom is 0.348 e. The van der Waals surface area contributed by atoms with Crippen molar-refractivity contribution in [3.05, 3.63) is 45.4 Å². The summed E-state index contributed by atoms with van der Waals surface area (Å²) in [4.78, 5) is 18.9. The van der Waals surface area contributed by atoms with Crippen LogP contribution in [0.5, 0.6) is 0 Å². The summed E-state index contributed by atoms with van der Waals surface area (Å²) in [5, 5.41) is 0. The molecule has 9 heteroatoms. The van der Waals surface area contributed by atoms with Gasteiger partial charge < -0.3 is 9.30 Å². The summed E-state index contributed by atoms with van der Waals surface area (Å²) in [6.07, 6.45) is 0.883. The molecule has 3 rings (SSSR count). The van der Waals surface area contributed by atoms with E-state index in [9.17, 15) is 13.2 Å². The second-order valence-electron chi connectivity index (χ2n) is 6.86. The lowest BCUT2D eigenvalue weighted by molar-refractivity contribution is 0.0464. The van der Waals surface area contributed by atoms with E-state index in [1.807, 2.05) is 24.5 Å². The quantitative estimate of drug-likeness (QED) is 0.530. The Kier molecular flexibility index (Phi) is 6.11. The Bertz CT molecular complexity index is 1160. The number of hydrogen-bond acceptors (Lipinski definition) is 6. The molecular weight excluding hydrogens is 410 g/mol. The second-order valence-corrected chi connectivity index (χ2v) is 10.1. The number of thiophene rings is 1. The summed E-state index contributed by atoms with van der Waals surface area (Å²) < 4.78 is 33.4. The van der Waals surface area contributed by atoms with Gasteiger partial charge >= 0.3 is 5.97 Å². The van der Waals surface area contributed by atoms with E-state index in [1.165, 1.54) is 34.6 Å². The molecule has 0 N–H and O–H groups in total. The summed E-state index contributed by atoms with van der Waals surface area (Å²) >= 11 is 1.45. The van der Waals surface area contributed by atoms with Crippen molar-refractivity contribution in [2.24, 2.45) is 0 Å². The van der Waals surface area contributed by atoms with Crippen LogP contribution in [0.15, 0.2) is 29.2 Å². The van der Waals surface area contributed by atoms with Crippen LogP contribution < -0.4 is 0 Å². The highest BCUT2D eigenvalue weighted by molar-refractivity contribution is 7.89. The predicted octanol–water partition coefficient (Wildman–Crippen LogP) is 3.60. The van der Waals surface area contributed by atoms with Gasteiger partial charge in [-0.2, -0.15) is 0 Å². The number of rotatable bonds is 7. The first-order valence-electron chi connectivity index (χ1n) is 9.37. The van der Waals surface area contributed by atoms with Gasteiger partial charge in [0.25, 0.3) is 0 Å². The average molecular weight is 436 g/mol. The van der Waals surface area contributed by atoms with Crippen LogP contribution in [0, 0.1) is 6.92 Å². The second kappa shape index (κ2) is 8.25. The third-order valence-corrected chi connectivity index (χ3v) is 7.94. The first-order chi connectivity index (χ1) is 13.7. The summed E-state index contributed by atoms with van der Waals surface area (Å²) in [5.41, 5.74) is 2.46. The van der Waals surface area contributed by atoms with Crippen LogP contribution >= 0.6 is 11.3 Å². The molecule has 156 valence electrons. The summed E-state index contributed by atoms with van der Waals surface area (Å²) in [5.74, 6) is 0.211. The SMILES string of the molecule is CCc1sc(C(=O)OCc2nc3cc(S(=O)(=O)N(C)C)ccc3n2CC)cc1C. The van der Waals surface area contributed by atoms with E-state index >= 15 is 0 Å². The number of imidazole rings is 1. The van der Waals surface area contributed by atoms with Gasteiger partial charge in [-0.3, -0.25) is 0 Å². The van der Waals surface area contributed by atoms with Gasteiger partial charge in [0, 0.05) is 25.5 Å². The molecule has 0 radical (unpaired) electrons. The van der Waals surface area contributed by atoms with Crippen LogP contribution in [0.2, 0.25) is 0 Å². The Morgan fingerprint density at radius 3 is 2.55 bits per heavy atom. The minimum Gasteiger partial charge on any atom is -0.453 e. The smallest absolute Gasteiger partial charge is 0.348 e. The van der Waals surface area contributed by atoms with E-state index in [4.69, 9.17) is 4.74 Å². The van der Waals surface area contributed by atoms with E-state index in [1.54, 1.807) is 18.2 Å². The molecule has 0 amide bonds. The Balaban J connectivity index is 1.88. The number of nitrogens with zero attached hydrogens (tertiary/aromatic N) is 3. The van der Waals surface area contributed by atoms with Gasteiger partial charge in [0.15, 0.2) is 0 Å². The van der Waals surface area contributed by atoms with Gasteiger partial charge in [-0.1, -0.05) is 6.92 Å². The lowest BCUT2D eigenvalue weighted by Gasteiger charge is -2.11. The molecule has 2 aromatic heterocycles. The largest absolute Gasteiger partial charge is 0.453 e. The van der Waals surface area contributed by atoms with Crippen LogP contribution in [0.3, 0.4) is 0 Å². The number of carbonyl (C=O) groups excluding carboxylic acids is 1. The first kappa shape index (κ1) is 21.5. The monoisotopic (exact) mass is 435 g/mol. The molecule has 0 aliphatic heterocycles. The summed E-state index contributed by atoms with van der Waals surface area (Å²) in [7, 11) is -0.562. The third kappa shape index (κ3) is 4.08. The maximum absolute atomic E-state index is 12.4. The van der Waals surface area contributed by atoms with Gasteiger partial charge in [-0.15, -0.1) is 11.3 Å². The van der Waals surface area contributed by atoms with Crippen molar-refractivity contribution in [1.82, 2.24) is 13.9 Å². The molecule has 0 bridgehead atoms. The molecule has 7 nitrogen and oxygen atoms in total. The van der Waals surface area contributed by atoms with Crippen molar-refractivity contribution in [2.45, 2.75) is 45.2 Å². The van der Waals surface area contributed by atoms with Crippen molar-refractivity contribution in [3.63, 3.8) is 0 Å². The molecule has 29 heavy (non-hydrogen) atoms. The van der Waals surface area contributed by atoms with Crippen molar-refractivity contribution in [1.29, 1.82) is 0 Å². The van der Waals surface area contributed by atoms with Crippen LogP contribution in [-0.4, -0.2) is 42.3 Å². The Morgan fingerprint density at radius 1 is 1.24 bits per heavy atom. The molecule has 0 aliphatic carbocycles. The fourth-order valence-electron chi connectivity index (χ4n) is 3.17. The molecule has 2 heterocycles. The lowest BCUT2D eigenvalue weighted by atomic mass is 10.2. The first-order valence-corrected chi connectivity index (χ1v) is 11.6. The van der Waals surface area contributed by atoms with Crippen LogP contribution in [0.1, 0.15) is 39.8 Å². The molecule has 0 aliphatic rings. The summed E-state index contributed by atoms with van der Waals surface area (Å²) in [6, 6.07) is 6.72. The highest BCUT2D eigenvalue weighted by atomic mass is 32.2. The number of ether oxygens (including phenoxy) is 1. The number of esters is 1. The molecular formula is C20H25N3O4S2. The zero-order valence-corrected chi connectivity index (χ0v) is 18.9. The number of fused-ring (bicyclic) bond motifs is 1. The van der Waals surface area contributed by atoms with E-state index in [2.05, 4.69) is 11.9 Å². The number of aryl methyl sites for hydroxylation is 3. The topological polar surface area (TPSA) is 81.5 Å². The fraction of sp³-hybridized carbons (Fsp3) is 0.400. The van der Waals surface area contributed by atoms with Gasteiger partial charge in [0.05, 0.1) is 15.9 Å². The van der Waals surface area contributed by atoms with Crippen LogP contribution in [-0.2, 0) is 34.3 Å². The van der Waals surface area contributed by atoms with E-state index in [0.29, 0.717) is 22.8 Å². The summed E-state index contributed by atoms with van der Waals surface area (Å²) in [6.45, 7) is 6.66. The van der Waals surface area contributed by atoms with Crippen molar-refractivity contribution < 1.29 is 17.9 Å². The fourth-order valence-corrected chi connectivity index (χ4v) is 5.10. The zero-order valence-electron chi connectivity index (χ0n) is 17.2. The zero-order chi connectivity index (χ0) is 21.3. The molecule has 0 fully saturated rings. The number of sulfonamides is 1. The predicted molar refractivity (Wildman–Crippen MR) is 114 cm³/mol. The van der Waals surface area contributed by atoms with E-state index in [-0.39, 0.29) is 17.5 Å². The number of carbonyl (C=O) groups is 1. The number of hydrogen-bond donors (Lipinski definition) is 0. The normalized spacial score (nSPS) is 12.1. The van der Waals surface area contributed by atoms with Crippen molar-refractivity contribution in [3.8, 4) is 0 Å². The molecule has 0 unspecified atom stereocenters. The lowest BCUT2D eigenvalue weighted by Crippen LogP contribution is -2.22. The van der Waals surface area contributed by atoms with Crippen LogP contribution in [0.4, 0.5) is 0 Å². The molecule has 1 aromatic carbocycles. The molecule has 0 saturated heterocycles. The van der Waals surface area contributed by atoms with Crippen molar-refractivity contribution in [2.75, 3.05) is 14.1 Å². The highest BCUT2D eigenvalue weighted by Crippen LogP contribution is 2.25. The number of benzene rings is 1. The molecule has 0 spiro atoms. The standard InChI is InChI=1S/C20H25N3O4S2/c1-6-17-13(3)10-18(28-17)20(24)27-12-19-21-15-11-14(29(25,26)22(4)5)8-9-16(15)23(19)7-2/h8-11H,6-7,12H2,1-5H3. The van der Waals surface area contributed by atoms with Gasteiger partial charge in [-0.05, 0) is 50.1 Å².